The Morgan fingerprint density at radius 1 is 1.30 bits per heavy atom. The van der Waals surface area contributed by atoms with Gasteiger partial charge in [0.1, 0.15) is 0 Å². The summed E-state index contributed by atoms with van der Waals surface area (Å²) in [6.45, 7) is 1.96. The predicted molar refractivity (Wildman–Crippen MR) is 83.8 cm³/mol. The topological polar surface area (TPSA) is 79.5 Å². The fourth-order valence-corrected chi connectivity index (χ4v) is 2.95. The average Bonchev–Trinajstić information content (AvgIpc) is 3.01. The van der Waals surface area contributed by atoms with E-state index in [9.17, 15) is 4.79 Å². The number of nitrogens with zero attached hydrogens (tertiary/aromatic N) is 3. The first kappa shape index (κ1) is 15.7. The first-order valence-corrected chi connectivity index (χ1v) is 8.01. The molecule has 1 unspecified atom stereocenters. The summed E-state index contributed by atoms with van der Waals surface area (Å²) in [5.41, 5.74) is 1.25. The van der Waals surface area contributed by atoms with E-state index in [0.29, 0.717) is 24.8 Å². The van der Waals surface area contributed by atoms with Gasteiger partial charge in [-0.25, -0.2) is 0 Å². The minimum atomic E-state index is -0.719. The Kier molecular flexibility index (Phi) is 5.02. The number of aromatic nitrogens is 2. The van der Waals surface area contributed by atoms with Crippen LogP contribution in [-0.4, -0.2) is 39.2 Å². The Labute approximate surface area is 135 Å². The second kappa shape index (κ2) is 7.37. The molecular formula is C17H21N3O3. The summed E-state index contributed by atoms with van der Waals surface area (Å²) in [4.78, 5) is 17.6. The molecule has 1 saturated heterocycles. The number of rotatable bonds is 6. The summed E-state index contributed by atoms with van der Waals surface area (Å²) in [6, 6.07) is 10.2. The van der Waals surface area contributed by atoms with Crippen molar-refractivity contribution in [2.24, 2.45) is 5.92 Å². The van der Waals surface area contributed by atoms with E-state index >= 15 is 0 Å². The normalized spacial score (nSPS) is 18.9. The highest BCUT2D eigenvalue weighted by Gasteiger charge is 2.26. The van der Waals surface area contributed by atoms with Crippen molar-refractivity contribution in [3.8, 4) is 0 Å². The summed E-state index contributed by atoms with van der Waals surface area (Å²) in [5, 5.41) is 13.1. The van der Waals surface area contributed by atoms with Crippen LogP contribution in [0.15, 0.2) is 34.9 Å². The number of benzene rings is 1. The number of carbonyl (C=O) groups is 1. The van der Waals surface area contributed by atoms with Crippen LogP contribution in [-0.2, 0) is 24.2 Å². The molecule has 6 nitrogen and oxygen atoms in total. The van der Waals surface area contributed by atoms with Gasteiger partial charge in [-0.15, -0.1) is 0 Å². The molecule has 0 spiro atoms. The van der Waals surface area contributed by atoms with Gasteiger partial charge in [-0.2, -0.15) is 4.98 Å². The minimum absolute atomic E-state index is 0.288. The van der Waals surface area contributed by atoms with Gasteiger partial charge < -0.3 is 9.63 Å². The summed E-state index contributed by atoms with van der Waals surface area (Å²) in [6.07, 6.45) is 3.26. The Balaban J connectivity index is 1.52. The van der Waals surface area contributed by atoms with Gasteiger partial charge in [0.05, 0.1) is 12.5 Å². The van der Waals surface area contributed by atoms with Crippen LogP contribution in [0.1, 0.15) is 30.1 Å². The second-order valence-electron chi connectivity index (χ2n) is 6.00. The molecule has 1 atom stereocenters. The van der Waals surface area contributed by atoms with Crippen molar-refractivity contribution in [2.75, 3.05) is 13.1 Å². The summed E-state index contributed by atoms with van der Waals surface area (Å²) < 4.78 is 5.30. The number of aliphatic carboxylic acids is 1. The second-order valence-corrected chi connectivity index (χ2v) is 6.00. The van der Waals surface area contributed by atoms with Gasteiger partial charge in [-0.05, 0) is 31.4 Å². The maximum atomic E-state index is 11.1. The van der Waals surface area contributed by atoms with Crippen LogP contribution in [0.3, 0.4) is 0 Å². The van der Waals surface area contributed by atoms with Crippen LogP contribution >= 0.6 is 0 Å². The van der Waals surface area contributed by atoms with Gasteiger partial charge in [0.15, 0.2) is 5.82 Å². The van der Waals surface area contributed by atoms with Crippen LogP contribution in [0.4, 0.5) is 0 Å². The highest BCUT2D eigenvalue weighted by molar-refractivity contribution is 5.70. The third kappa shape index (κ3) is 4.39. The van der Waals surface area contributed by atoms with Gasteiger partial charge in [0.25, 0.3) is 0 Å². The maximum absolute atomic E-state index is 11.1. The molecule has 0 aliphatic carbocycles. The zero-order valence-electron chi connectivity index (χ0n) is 13.0. The van der Waals surface area contributed by atoms with Crippen LogP contribution in [0.2, 0.25) is 0 Å². The molecule has 23 heavy (non-hydrogen) atoms. The molecule has 0 saturated carbocycles. The van der Waals surface area contributed by atoms with E-state index in [1.807, 2.05) is 18.2 Å². The molecule has 1 N–H and O–H groups in total. The summed E-state index contributed by atoms with van der Waals surface area (Å²) in [7, 11) is 0. The molecule has 0 radical (unpaired) electrons. The third-order valence-corrected chi connectivity index (χ3v) is 4.20. The number of hydrogen-bond donors (Lipinski definition) is 1. The van der Waals surface area contributed by atoms with Crippen molar-refractivity contribution in [1.29, 1.82) is 0 Å². The van der Waals surface area contributed by atoms with Crippen LogP contribution < -0.4 is 0 Å². The highest BCUT2D eigenvalue weighted by Crippen LogP contribution is 2.18. The first-order valence-electron chi connectivity index (χ1n) is 8.01. The lowest BCUT2D eigenvalue weighted by atomic mass is 9.98. The van der Waals surface area contributed by atoms with Crippen molar-refractivity contribution in [3.63, 3.8) is 0 Å². The Bertz CT molecular complexity index is 642. The fourth-order valence-electron chi connectivity index (χ4n) is 2.95. The third-order valence-electron chi connectivity index (χ3n) is 4.20. The molecule has 1 aliphatic rings. The lowest BCUT2D eigenvalue weighted by Crippen LogP contribution is -2.38. The Hall–Kier alpha value is -2.21. The molecule has 2 heterocycles. The van der Waals surface area contributed by atoms with Crippen molar-refractivity contribution in [1.82, 2.24) is 15.0 Å². The zero-order chi connectivity index (χ0) is 16.1. The molecular weight excluding hydrogens is 294 g/mol. The molecule has 0 bridgehead atoms. The molecule has 1 aromatic carbocycles. The molecule has 2 aromatic rings. The van der Waals surface area contributed by atoms with Crippen molar-refractivity contribution < 1.29 is 14.4 Å². The number of likely N-dealkylation sites (tertiary alicyclic amines) is 1. The first-order chi connectivity index (χ1) is 11.2. The Morgan fingerprint density at radius 3 is 2.91 bits per heavy atom. The van der Waals surface area contributed by atoms with Gasteiger partial charge in [0.2, 0.25) is 5.89 Å². The predicted octanol–water partition coefficient (Wildman–Crippen LogP) is 2.15. The van der Waals surface area contributed by atoms with Crippen molar-refractivity contribution in [3.05, 3.63) is 47.6 Å². The van der Waals surface area contributed by atoms with Gasteiger partial charge in [-0.1, -0.05) is 35.5 Å². The van der Waals surface area contributed by atoms with Crippen LogP contribution in [0.5, 0.6) is 0 Å². The van der Waals surface area contributed by atoms with E-state index in [0.717, 1.165) is 32.2 Å². The largest absolute Gasteiger partial charge is 0.481 e. The van der Waals surface area contributed by atoms with E-state index in [1.165, 1.54) is 5.56 Å². The molecule has 1 aromatic heterocycles. The fraction of sp³-hybridized carbons (Fsp3) is 0.471. The van der Waals surface area contributed by atoms with E-state index < -0.39 is 5.97 Å². The average molecular weight is 315 g/mol. The maximum Gasteiger partial charge on any atom is 0.307 e. The van der Waals surface area contributed by atoms with Gasteiger partial charge >= 0.3 is 5.97 Å². The number of carboxylic acid groups (broad SMARTS) is 1. The monoisotopic (exact) mass is 315 g/mol. The van der Waals surface area contributed by atoms with E-state index in [2.05, 4.69) is 27.2 Å². The lowest BCUT2D eigenvalue weighted by Gasteiger charge is -2.29. The zero-order valence-corrected chi connectivity index (χ0v) is 13.0. The number of hydrogen-bond acceptors (Lipinski definition) is 5. The van der Waals surface area contributed by atoms with Gasteiger partial charge in [-0.3, -0.25) is 9.69 Å². The molecule has 122 valence electrons. The number of piperidine rings is 1. The Morgan fingerprint density at radius 2 is 2.13 bits per heavy atom. The molecule has 3 rings (SSSR count). The summed E-state index contributed by atoms with van der Waals surface area (Å²) in [5.74, 6) is 0.266. The highest BCUT2D eigenvalue weighted by atomic mass is 16.5. The summed E-state index contributed by atoms with van der Waals surface area (Å²) >= 11 is 0. The lowest BCUT2D eigenvalue weighted by molar-refractivity contribution is -0.143. The molecule has 6 heteroatoms. The van der Waals surface area contributed by atoms with Crippen molar-refractivity contribution >= 4 is 5.97 Å². The standard InChI is InChI=1S/C17H21N3O3/c21-17(22)14-7-4-10-20(11-14)12-16-18-15(19-23-16)9-8-13-5-2-1-3-6-13/h1-3,5-6,14H,4,7-12H2,(H,21,22). The van der Waals surface area contributed by atoms with Crippen LogP contribution in [0, 0.1) is 5.92 Å². The van der Waals surface area contributed by atoms with Crippen LogP contribution in [0.25, 0.3) is 0 Å². The molecule has 0 amide bonds. The smallest absolute Gasteiger partial charge is 0.307 e. The van der Waals surface area contributed by atoms with E-state index in [-0.39, 0.29) is 5.92 Å². The molecule has 1 aliphatic heterocycles. The quantitative estimate of drug-likeness (QED) is 0.880. The van der Waals surface area contributed by atoms with Crippen molar-refractivity contribution in [2.45, 2.75) is 32.2 Å². The molecule has 1 fully saturated rings. The van der Waals surface area contributed by atoms with E-state index in [4.69, 9.17) is 9.63 Å². The number of aryl methyl sites for hydroxylation is 2. The van der Waals surface area contributed by atoms with Gasteiger partial charge in [0, 0.05) is 13.0 Å². The number of carboxylic acids is 1. The SMILES string of the molecule is O=C(O)C1CCCN(Cc2nc(CCc3ccccc3)no2)C1. The van der Waals surface area contributed by atoms with E-state index in [1.54, 1.807) is 0 Å². The minimum Gasteiger partial charge on any atom is -0.481 e.